The molecule has 1 saturated heterocycles. The van der Waals surface area contributed by atoms with Gasteiger partial charge in [0.1, 0.15) is 4.91 Å². The molecule has 134 valence electrons. The molecule has 1 aliphatic heterocycles. The Hall–Kier alpha value is -1.78. The number of hydrogen-bond donors (Lipinski definition) is 2. The molecule has 0 bridgehead atoms. The van der Waals surface area contributed by atoms with Gasteiger partial charge in [0, 0.05) is 24.2 Å². The monoisotopic (exact) mass is 383 g/mol. The molecule has 1 aliphatic rings. The topological polar surface area (TPSA) is 75.0 Å². The molecule has 0 saturated carbocycles. The average molecular weight is 384 g/mol. The average Bonchev–Trinajstić information content (AvgIpc) is 2.96. The molecule has 1 aromatic carbocycles. The number of aromatic nitrogens is 1. The Balaban J connectivity index is 1.74. The predicted molar refractivity (Wildman–Crippen MR) is 94.5 cm³/mol. The first kappa shape index (κ1) is 18.0. The van der Waals surface area contributed by atoms with E-state index in [1.807, 2.05) is 35.0 Å². The number of hydrogen-bond acceptors (Lipinski definition) is 6. The summed E-state index contributed by atoms with van der Waals surface area (Å²) in [4.78, 5) is 22.4. The van der Waals surface area contributed by atoms with Crippen LogP contribution in [0.1, 0.15) is 10.4 Å². The van der Waals surface area contributed by atoms with E-state index in [0.717, 1.165) is 11.4 Å². The largest absolute Gasteiger partial charge is 0.357 e. The lowest BCUT2D eigenvalue weighted by Crippen LogP contribution is -2.65. The van der Waals surface area contributed by atoms with Crippen LogP contribution >= 0.6 is 22.9 Å². The maximum Gasteiger partial charge on any atom is 0.357 e. The van der Waals surface area contributed by atoms with Crippen LogP contribution in [0.4, 0.5) is 0 Å². The van der Waals surface area contributed by atoms with Gasteiger partial charge in [-0.25, -0.2) is 15.1 Å². The van der Waals surface area contributed by atoms with Crippen molar-refractivity contribution in [2.75, 3.05) is 20.4 Å². The predicted octanol–water partition coefficient (Wildman–Crippen LogP) is 1.92. The molecule has 1 atom stereocenters. The molecule has 10 heteroatoms. The third-order valence-corrected chi connectivity index (χ3v) is 5.03. The van der Waals surface area contributed by atoms with Crippen molar-refractivity contribution in [2.45, 2.75) is 19.4 Å². The van der Waals surface area contributed by atoms with Gasteiger partial charge in [0.25, 0.3) is 0 Å². The Morgan fingerprint density at radius 2 is 2.12 bits per heavy atom. The molecular formula is C15H20ClN6O2S+. The summed E-state index contributed by atoms with van der Waals surface area (Å²) < 4.78 is 0.485. The molecule has 0 spiro atoms. The summed E-state index contributed by atoms with van der Waals surface area (Å²) in [5.41, 5.74) is 3.72. The minimum atomic E-state index is -0.435. The normalized spacial score (nSPS) is 19.8. The summed E-state index contributed by atoms with van der Waals surface area (Å²) in [6, 6.07) is 10.2. The van der Waals surface area contributed by atoms with Gasteiger partial charge in [-0.1, -0.05) is 47.4 Å². The second kappa shape index (κ2) is 8.07. The van der Waals surface area contributed by atoms with Crippen molar-refractivity contribution in [1.82, 2.24) is 25.1 Å². The second-order valence-corrected chi connectivity index (χ2v) is 7.65. The van der Waals surface area contributed by atoms with E-state index in [9.17, 15) is 4.91 Å². The molecule has 1 unspecified atom stereocenters. The smallest absolute Gasteiger partial charge is 0.273 e. The highest BCUT2D eigenvalue weighted by molar-refractivity contribution is 7.15. The molecule has 2 heterocycles. The Kier molecular flexibility index (Phi) is 5.82. The van der Waals surface area contributed by atoms with E-state index in [1.54, 1.807) is 6.20 Å². The van der Waals surface area contributed by atoms with Crippen LogP contribution in [-0.2, 0) is 13.1 Å². The Bertz CT molecular complexity index is 715. The molecule has 8 nitrogen and oxygen atoms in total. The molecule has 2 aromatic rings. The number of rotatable bonds is 6. The number of benzene rings is 1. The minimum absolute atomic E-state index is 0.249. The van der Waals surface area contributed by atoms with Crippen molar-refractivity contribution in [1.29, 1.82) is 0 Å². The zero-order valence-corrected chi connectivity index (χ0v) is 15.3. The SMILES string of the molecule is CN1CN(Cc2ccccc2)CN(Cc2cnc(Cl)s2)C1N[N+](=O)O. The Morgan fingerprint density at radius 3 is 2.76 bits per heavy atom. The van der Waals surface area contributed by atoms with Gasteiger partial charge in [0.05, 0.1) is 13.3 Å². The van der Waals surface area contributed by atoms with Gasteiger partial charge >= 0.3 is 5.03 Å². The first-order valence-corrected chi connectivity index (χ1v) is 8.94. The van der Waals surface area contributed by atoms with Crippen molar-refractivity contribution in [3.8, 4) is 0 Å². The van der Waals surface area contributed by atoms with E-state index in [2.05, 4.69) is 27.4 Å². The van der Waals surface area contributed by atoms with E-state index in [1.165, 1.54) is 16.9 Å². The molecule has 0 aliphatic carbocycles. The maximum atomic E-state index is 11.1. The Labute approximate surface area is 154 Å². The summed E-state index contributed by atoms with van der Waals surface area (Å²) in [5.74, 6) is 0. The third-order valence-electron chi connectivity index (χ3n) is 3.93. The zero-order chi connectivity index (χ0) is 17.8. The van der Waals surface area contributed by atoms with E-state index in [0.29, 0.717) is 24.3 Å². The van der Waals surface area contributed by atoms with E-state index < -0.39 is 6.29 Å². The minimum Gasteiger partial charge on any atom is -0.273 e. The number of halogens is 1. The number of nitrogens with zero attached hydrogens (tertiary/aromatic N) is 5. The first-order chi connectivity index (χ1) is 12.0. The fraction of sp³-hybridized carbons (Fsp3) is 0.400. The van der Waals surface area contributed by atoms with Crippen molar-refractivity contribution in [3.63, 3.8) is 0 Å². The first-order valence-electron chi connectivity index (χ1n) is 7.74. The standard InChI is InChI=1S/C15H20ClN6O2S/c1-19-10-20(8-12-5-3-2-4-6-12)11-21(15(19)18-22(23)24)9-13-7-17-14(16)25-13/h2-7,15,18H,8-11H2,1H3,(H,23,24)/q+1. The summed E-state index contributed by atoms with van der Waals surface area (Å²) in [6.45, 7) is 2.63. The van der Waals surface area contributed by atoms with Gasteiger partial charge in [0.2, 0.25) is 6.29 Å². The van der Waals surface area contributed by atoms with Crippen LogP contribution in [0.3, 0.4) is 0 Å². The number of thiazole rings is 1. The number of nitrogens with one attached hydrogen (secondary N) is 1. The highest BCUT2D eigenvalue weighted by atomic mass is 35.5. The van der Waals surface area contributed by atoms with Crippen molar-refractivity contribution >= 4 is 22.9 Å². The molecular weight excluding hydrogens is 364 g/mol. The lowest BCUT2D eigenvalue weighted by Gasteiger charge is -2.44. The van der Waals surface area contributed by atoms with Crippen LogP contribution in [-0.4, -0.2) is 56.6 Å². The molecule has 1 aromatic heterocycles. The summed E-state index contributed by atoms with van der Waals surface area (Å²) in [6.07, 6.45) is 1.30. The molecule has 3 rings (SSSR count). The van der Waals surface area contributed by atoms with Gasteiger partial charge < -0.3 is 0 Å². The van der Waals surface area contributed by atoms with Crippen LogP contribution in [0.15, 0.2) is 36.5 Å². The van der Waals surface area contributed by atoms with Crippen LogP contribution in [0.5, 0.6) is 0 Å². The fourth-order valence-corrected chi connectivity index (χ4v) is 3.97. The summed E-state index contributed by atoms with van der Waals surface area (Å²) in [5, 5.41) is 8.83. The van der Waals surface area contributed by atoms with E-state index in [4.69, 9.17) is 16.8 Å². The molecule has 25 heavy (non-hydrogen) atoms. The molecule has 0 amide bonds. The van der Waals surface area contributed by atoms with Gasteiger partial charge in [-0.3, -0.25) is 9.80 Å². The van der Waals surface area contributed by atoms with Gasteiger partial charge in [-0.05, 0) is 12.6 Å². The van der Waals surface area contributed by atoms with Gasteiger partial charge in [-0.2, -0.15) is 0 Å². The van der Waals surface area contributed by atoms with Gasteiger partial charge in [-0.15, -0.1) is 11.3 Å². The quantitative estimate of drug-likeness (QED) is 0.738. The highest BCUT2D eigenvalue weighted by Crippen LogP contribution is 2.22. The van der Waals surface area contributed by atoms with Gasteiger partial charge in [0.15, 0.2) is 4.47 Å². The fourth-order valence-electron chi connectivity index (χ4n) is 2.96. The van der Waals surface area contributed by atoms with Crippen LogP contribution in [0.25, 0.3) is 0 Å². The van der Waals surface area contributed by atoms with Crippen LogP contribution in [0, 0.1) is 4.91 Å². The summed E-state index contributed by atoms with van der Waals surface area (Å²) in [7, 11) is 1.89. The Morgan fingerprint density at radius 1 is 1.36 bits per heavy atom. The zero-order valence-electron chi connectivity index (χ0n) is 13.7. The lowest BCUT2D eigenvalue weighted by molar-refractivity contribution is -0.840. The van der Waals surface area contributed by atoms with Crippen molar-refractivity contribution in [3.05, 3.63) is 56.3 Å². The highest BCUT2D eigenvalue weighted by Gasteiger charge is 2.35. The maximum absolute atomic E-state index is 11.1. The second-order valence-electron chi connectivity index (χ2n) is 5.96. The summed E-state index contributed by atoms with van der Waals surface area (Å²) >= 11 is 7.32. The molecule has 0 radical (unpaired) electrons. The molecule has 1 fully saturated rings. The van der Waals surface area contributed by atoms with Crippen LogP contribution in [0.2, 0.25) is 4.47 Å². The van der Waals surface area contributed by atoms with Crippen molar-refractivity contribution < 1.29 is 10.2 Å². The van der Waals surface area contributed by atoms with Crippen molar-refractivity contribution in [2.24, 2.45) is 0 Å². The third kappa shape index (κ3) is 4.86. The van der Waals surface area contributed by atoms with E-state index >= 15 is 0 Å². The lowest BCUT2D eigenvalue weighted by atomic mass is 10.2. The number of hydrazine groups is 1. The van der Waals surface area contributed by atoms with E-state index in [-0.39, 0.29) is 5.03 Å². The van der Waals surface area contributed by atoms with Crippen LogP contribution < -0.4 is 5.43 Å². The molecule has 2 N–H and O–H groups in total.